The molecule has 1 N–H and O–H groups in total. The van der Waals surface area contributed by atoms with E-state index in [1.54, 1.807) is 17.3 Å². The number of fused-ring (bicyclic) bond motifs is 1. The molecule has 1 amide bonds. The van der Waals surface area contributed by atoms with Crippen LogP contribution in [0.15, 0.2) is 79.1 Å². The summed E-state index contributed by atoms with van der Waals surface area (Å²) in [5.74, 6) is 1.36. The van der Waals surface area contributed by atoms with Crippen molar-refractivity contribution in [1.82, 2.24) is 9.97 Å². The summed E-state index contributed by atoms with van der Waals surface area (Å²) >= 11 is 0. The van der Waals surface area contributed by atoms with E-state index in [1.165, 1.54) is 6.07 Å². The van der Waals surface area contributed by atoms with Crippen molar-refractivity contribution in [2.24, 2.45) is 0 Å². The predicted octanol–water partition coefficient (Wildman–Crippen LogP) is 5.77. The van der Waals surface area contributed by atoms with E-state index in [2.05, 4.69) is 20.2 Å². The molecule has 0 unspecified atom stereocenters. The van der Waals surface area contributed by atoms with E-state index in [9.17, 15) is 9.18 Å². The van der Waals surface area contributed by atoms with E-state index >= 15 is 0 Å². The molecule has 0 bridgehead atoms. The highest BCUT2D eigenvalue weighted by Gasteiger charge is 2.19. The second-order valence-electron chi connectivity index (χ2n) is 9.28. The molecule has 7 heteroatoms. The summed E-state index contributed by atoms with van der Waals surface area (Å²) in [6, 6.07) is 22.6. The Morgan fingerprint density at radius 1 is 1.03 bits per heavy atom. The largest absolute Gasteiger partial charge is 0.366 e. The third-order valence-electron chi connectivity index (χ3n) is 6.71. The first-order chi connectivity index (χ1) is 18.0. The van der Waals surface area contributed by atoms with Crippen LogP contribution >= 0.6 is 0 Å². The average molecular weight is 496 g/mol. The molecule has 5 rings (SSSR count). The van der Waals surface area contributed by atoms with Crippen molar-refractivity contribution in [3.63, 3.8) is 0 Å². The van der Waals surface area contributed by atoms with Crippen LogP contribution in [0.25, 0.3) is 0 Å². The minimum Gasteiger partial charge on any atom is -0.366 e. The zero-order chi connectivity index (χ0) is 25.8. The van der Waals surface area contributed by atoms with Crippen LogP contribution in [0.4, 0.5) is 21.7 Å². The molecular weight excluding hydrogens is 465 g/mol. The number of nitrogens with zero attached hydrogens (tertiary/aromatic N) is 4. The van der Waals surface area contributed by atoms with Crippen LogP contribution in [0.3, 0.4) is 0 Å². The summed E-state index contributed by atoms with van der Waals surface area (Å²) in [5.41, 5.74) is 5.91. The number of carbonyl (C=O) groups is 1. The molecular formula is C30H30FN5O. The summed E-state index contributed by atoms with van der Waals surface area (Å²) in [4.78, 5) is 25.9. The molecule has 37 heavy (non-hydrogen) atoms. The number of anilines is 3. The van der Waals surface area contributed by atoms with Crippen LogP contribution in [-0.4, -0.2) is 29.0 Å². The number of benzene rings is 3. The van der Waals surface area contributed by atoms with Crippen LogP contribution in [0.2, 0.25) is 0 Å². The topological polar surface area (TPSA) is 61.4 Å². The Kier molecular flexibility index (Phi) is 7.12. The van der Waals surface area contributed by atoms with Crippen molar-refractivity contribution in [2.75, 3.05) is 28.2 Å². The summed E-state index contributed by atoms with van der Waals surface area (Å²) < 4.78 is 13.5. The monoisotopic (exact) mass is 495 g/mol. The average Bonchev–Trinajstić information content (AvgIpc) is 2.92. The van der Waals surface area contributed by atoms with Crippen molar-refractivity contribution in [3.8, 4) is 0 Å². The zero-order valence-electron chi connectivity index (χ0n) is 21.1. The van der Waals surface area contributed by atoms with Gasteiger partial charge in [0.25, 0.3) is 5.91 Å². The van der Waals surface area contributed by atoms with Gasteiger partial charge in [0.15, 0.2) is 0 Å². The normalized spacial score (nSPS) is 12.7. The molecule has 0 saturated carbocycles. The first-order valence-corrected chi connectivity index (χ1v) is 12.6. The van der Waals surface area contributed by atoms with Gasteiger partial charge < -0.3 is 15.1 Å². The van der Waals surface area contributed by atoms with Gasteiger partial charge in [0.2, 0.25) is 0 Å². The van der Waals surface area contributed by atoms with Crippen LogP contribution in [0, 0.1) is 12.7 Å². The molecule has 3 aromatic carbocycles. The van der Waals surface area contributed by atoms with Gasteiger partial charge in [0.1, 0.15) is 23.8 Å². The van der Waals surface area contributed by atoms with Crippen LogP contribution < -0.4 is 15.1 Å². The highest BCUT2D eigenvalue weighted by atomic mass is 19.1. The fourth-order valence-electron chi connectivity index (χ4n) is 4.69. The van der Waals surface area contributed by atoms with Gasteiger partial charge in [-0.15, -0.1) is 0 Å². The fourth-order valence-corrected chi connectivity index (χ4v) is 4.69. The third-order valence-corrected chi connectivity index (χ3v) is 6.71. The van der Waals surface area contributed by atoms with E-state index < -0.39 is 0 Å². The van der Waals surface area contributed by atoms with Crippen molar-refractivity contribution >= 4 is 23.2 Å². The molecule has 1 aliphatic heterocycles. The zero-order valence-corrected chi connectivity index (χ0v) is 21.1. The lowest BCUT2D eigenvalue weighted by Crippen LogP contribution is -2.31. The van der Waals surface area contributed by atoms with Crippen molar-refractivity contribution in [2.45, 2.75) is 33.4 Å². The number of nitrogens with one attached hydrogen (secondary N) is 1. The molecule has 0 saturated heterocycles. The molecule has 188 valence electrons. The SMILES string of the molecule is CCN(C(=O)c1ccc(CNc2cc(N3CCc4cc(F)ccc4C3)ncn2)cc1)c1cccc(C)c1. The molecule has 0 atom stereocenters. The molecule has 0 fully saturated rings. The van der Waals surface area contributed by atoms with Crippen molar-refractivity contribution < 1.29 is 9.18 Å². The Labute approximate surface area is 216 Å². The molecule has 2 heterocycles. The standard InChI is InChI=1S/C30H30FN5O/c1-3-36(27-6-4-5-21(2)15-27)30(37)23-9-7-22(8-10-23)18-32-28-17-29(34-20-33-28)35-14-13-24-16-26(31)12-11-25(24)19-35/h4-12,15-17,20H,3,13-14,18-19H2,1-2H3,(H,32,33,34). The van der Waals surface area contributed by atoms with E-state index in [1.807, 2.05) is 74.5 Å². The molecule has 6 nitrogen and oxygen atoms in total. The van der Waals surface area contributed by atoms with Crippen LogP contribution in [-0.2, 0) is 19.5 Å². The highest BCUT2D eigenvalue weighted by Crippen LogP contribution is 2.25. The van der Waals surface area contributed by atoms with E-state index in [0.29, 0.717) is 25.2 Å². The molecule has 0 radical (unpaired) electrons. The molecule has 1 aliphatic rings. The molecule has 1 aromatic heterocycles. The molecule has 4 aromatic rings. The summed E-state index contributed by atoms with van der Waals surface area (Å²) in [6.45, 7) is 6.65. The summed E-state index contributed by atoms with van der Waals surface area (Å²) in [5, 5.41) is 3.36. The number of aromatic nitrogens is 2. The lowest BCUT2D eigenvalue weighted by atomic mass is 10.00. The third kappa shape index (κ3) is 5.61. The lowest BCUT2D eigenvalue weighted by Gasteiger charge is -2.29. The van der Waals surface area contributed by atoms with E-state index in [-0.39, 0.29) is 11.7 Å². The highest BCUT2D eigenvalue weighted by molar-refractivity contribution is 6.06. The minimum absolute atomic E-state index is 0.0149. The summed E-state index contributed by atoms with van der Waals surface area (Å²) in [6.07, 6.45) is 2.34. The van der Waals surface area contributed by atoms with Crippen LogP contribution in [0.1, 0.15) is 39.5 Å². The van der Waals surface area contributed by atoms with Gasteiger partial charge in [-0.05, 0) is 78.9 Å². The van der Waals surface area contributed by atoms with E-state index in [4.69, 9.17) is 0 Å². The Balaban J connectivity index is 1.22. The maximum absolute atomic E-state index is 13.5. The molecule has 0 spiro atoms. The number of amides is 1. The van der Waals surface area contributed by atoms with Gasteiger partial charge in [0, 0.05) is 43.5 Å². The van der Waals surface area contributed by atoms with Gasteiger partial charge in [-0.1, -0.05) is 30.3 Å². The second kappa shape index (κ2) is 10.8. The number of aryl methyl sites for hydroxylation is 1. The predicted molar refractivity (Wildman–Crippen MR) is 145 cm³/mol. The quantitative estimate of drug-likeness (QED) is 0.353. The Hall–Kier alpha value is -4.26. The second-order valence-corrected chi connectivity index (χ2v) is 9.28. The summed E-state index contributed by atoms with van der Waals surface area (Å²) in [7, 11) is 0. The van der Waals surface area contributed by atoms with Gasteiger partial charge in [-0.25, -0.2) is 14.4 Å². The number of hydrogen-bond donors (Lipinski definition) is 1. The number of carbonyl (C=O) groups excluding carboxylic acids is 1. The van der Waals surface area contributed by atoms with E-state index in [0.717, 1.165) is 52.5 Å². The number of halogens is 1. The Bertz CT molecular complexity index is 1410. The van der Waals surface area contributed by atoms with Crippen molar-refractivity contribution in [3.05, 3.63) is 113 Å². The number of rotatable bonds is 7. The first kappa shape index (κ1) is 24.4. The molecule has 0 aliphatic carbocycles. The van der Waals surface area contributed by atoms with Gasteiger partial charge in [0.05, 0.1) is 0 Å². The van der Waals surface area contributed by atoms with Gasteiger partial charge in [-0.3, -0.25) is 4.79 Å². The maximum atomic E-state index is 13.5. The van der Waals surface area contributed by atoms with Crippen LogP contribution in [0.5, 0.6) is 0 Å². The van der Waals surface area contributed by atoms with Gasteiger partial charge >= 0.3 is 0 Å². The van der Waals surface area contributed by atoms with Gasteiger partial charge in [-0.2, -0.15) is 0 Å². The number of hydrogen-bond acceptors (Lipinski definition) is 5. The Morgan fingerprint density at radius 3 is 2.65 bits per heavy atom. The van der Waals surface area contributed by atoms with Crippen molar-refractivity contribution in [1.29, 1.82) is 0 Å². The Morgan fingerprint density at radius 2 is 1.86 bits per heavy atom. The fraction of sp³-hybridized carbons (Fsp3) is 0.233. The lowest BCUT2D eigenvalue weighted by molar-refractivity contribution is 0.0988. The first-order valence-electron chi connectivity index (χ1n) is 12.6. The minimum atomic E-state index is -0.188. The smallest absolute Gasteiger partial charge is 0.258 e. The maximum Gasteiger partial charge on any atom is 0.258 e.